The summed E-state index contributed by atoms with van der Waals surface area (Å²) in [7, 11) is 0. The molecule has 1 aromatic rings. The summed E-state index contributed by atoms with van der Waals surface area (Å²) < 4.78 is 0. The van der Waals surface area contributed by atoms with Crippen molar-refractivity contribution in [2.45, 2.75) is 40.7 Å². The highest BCUT2D eigenvalue weighted by molar-refractivity contribution is 5.18. The lowest BCUT2D eigenvalue weighted by Crippen LogP contribution is -2.26. The Morgan fingerprint density at radius 2 is 2.18 bits per heavy atom. The monoisotopic (exact) mass is 232 g/mol. The summed E-state index contributed by atoms with van der Waals surface area (Å²) in [6.45, 7) is 12.7. The molecule has 1 unspecified atom stereocenters. The van der Waals surface area contributed by atoms with Crippen LogP contribution in [-0.2, 0) is 6.54 Å². The van der Waals surface area contributed by atoms with E-state index in [1.807, 2.05) is 12.3 Å². The minimum atomic E-state index is 0.443. The molecule has 1 atom stereocenters. The van der Waals surface area contributed by atoms with E-state index in [1.165, 1.54) is 30.8 Å². The minimum Gasteiger partial charge on any atom is -0.299 e. The van der Waals surface area contributed by atoms with Gasteiger partial charge in [-0.3, -0.25) is 9.88 Å². The highest BCUT2D eigenvalue weighted by atomic mass is 15.1. The third-order valence-corrected chi connectivity index (χ3v) is 4.01. The molecular weight excluding hydrogens is 208 g/mol. The van der Waals surface area contributed by atoms with E-state index in [9.17, 15) is 0 Å². The van der Waals surface area contributed by atoms with E-state index in [0.29, 0.717) is 5.41 Å². The maximum atomic E-state index is 4.36. The number of aryl methyl sites for hydroxylation is 1. The number of nitrogens with zero attached hydrogens (tertiary/aromatic N) is 2. The summed E-state index contributed by atoms with van der Waals surface area (Å²) in [6.07, 6.45) is 3.21. The number of rotatable bonds is 2. The topological polar surface area (TPSA) is 16.1 Å². The molecule has 2 nitrogen and oxygen atoms in total. The van der Waals surface area contributed by atoms with Gasteiger partial charge in [-0.1, -0.05) is 26.8 Å². The molecule has 0 N–H and O–H groups in total. The molecule has 1 aromatic heterocycles. The van der Waals surface area contributed by atoms with Crippen LogP contribution in [0.4, 0.5) is 0 Å². The zero-order valence-corrected chi connectivity index (χ0v) is 11.5. The summed E-state index contributed by atoms with van der Waals surface area (Å²) in [6, 6.07) is 4.24. The number of hydrogen-bond donors (Lipinski definition) is 0. The predicted octanol–water partition coefficient (Wildman–Crippen LogP) is 3.26. The van der Waals surface area contributed by atoms with Crippen LogP contribution in [0.1, 0.15) is 38.4 Å². The lowest BCUT2D eigenvalue weighted by atomic mass is 9.80. The molecule has 0 aliphatic carbocycles. The molecular formula is C15H24N2. The summed E-state index contributed by atoms with van der Waals surface area (Å²) in [4.78, 5) is 6.93. The van der Waals surface area contributed by atoms with Crippen LogP contribution in [0.15, 0.2) is 18.3 Å². The Morgan fingerprint density at radius 3 is 2.76 bits per heavy atom. The second kappa shape index (κ2) is 4.77. The second-order valence-electron chi connectivity index (χ2n) is 6.33. The first kappa shape index (κ1) is 12.6. The van der Waals surface area contributed by atoms with Gasteiger partial charge in [0.1, 0.15) is 0 Å². The summed E-state index contributed by atoms with van der Waals surface area (Å²) in [5, 5.41) is 0. The van der Waals surface area contributed by atoms with Gasteiger partial charge in [0.05, 0.1) is 0 Å². The first-order chi connectivity index (χ1) is 7.97. The van der Waals surface area contributed by atoms with E-state index >= 15 is 0 Å². The standard InChI is InChI=1S/C15H24N2/c1-12-13(6-5-8-16-12)10-17-9-7-14(11-17)15(2,3)4/h5-6,8,14H,7,9-11H2,1-4H3. The molecule has 0 amide bonds. The van der Waals surface area contributed by atoms with E-state index < -0.39 is 0 Å². The molecule has 2 heteroatoms. The molecule has 1 saturated heterocycles. The van der Waals surface area contributed by atoms with Crippen molar-refractivity contribution in [2.24, 2.45) is 11.3 Å². The summed E-state index contributed by atoms with van der Waals surface area (Å²) in [5.41, 5.74) is 2.99. The lowest BCUT2D eigenvalue weighted by Gasteiger charge is -2.27. The van der Waals surface area contributed by atoms with Gasteiger partial charge in [0, 0.05) is 25.0 Å². The largest absolute Gasteiger partial charge is 0.299 e. The molecule has 0 spiro atoms. The fourth-order valence-electron chi connectivity index (χ4n) is 2.61. The van der Waals surface area contributed by atoms with Gasteiger partial charge in [-0.05, 0) is 42.9 Å². The normalized spacial score (nSPS) is 22.0. The van der Waals surface area contributed by atoms with E-state index in [2.05, 4.69) is 43.6 Å². The number of aromatic nitrogens is 1. The van der Waals surface area contributed by atoms with Crippen molar-refractivity contribution in [3.05, 3.63) is 29.6 Å². The van der Waals surface area contributed by atoms with Crippen molar-refractivity contribution in [1.29, 1.82) is 0 Å². The highest BCUT2D eigenvalue weighted by Crippen LogP contribution is 2.34. The summed E-state index contributed by atoms with van der Waals surface area (Å²) >= 11 is 0. The van der Waals surface area contributed by atoms with Crippen LogP contribution in [0.3, 0.4) is 0 Å². The zero-order valence-electron chi connectivity index (χ0n) is 11.5. The van der Waals surface area contributed by atoms with Gasteiger partial charge in [0.15, 0.2) is 0 Å². The molecule has 2 rings (SSSR count). The van der Waals surface area contributed by atoms with Gasteiger partial charge >= 0.3 is 0 Å². The third kappa shape index (κ3) is 3.06. The average Bonchev–Trinajstić information content (AvgIpc) is 2.69. The van der Waals surface area contributed by atoms with E-state index in [1.54, 1.807) is 0 Å². The first-order valence-electron chi connectivity index (χ1n) is 6.59. The van der Waals surface area contributed by atoms with Crippen LogP contribution in [-0.4, -0.2) is 23.0 Å². The van der Waals surface area contributed by atoms with Crippen molar-refractivity contribution in [2.75, 3.05) is 13.1 Å². The van der Waals surface area contributed by atoms with Crippen LogP contribution in [0.25, 0.3) is 0 Å². The van der Waals surface area contributed by atoms with Crippen LogP contribution in [0, 0.1) is 18.3 Å². The zero-order chi connectivity index (χ0) is 12.5. The maximum Gasteiger partial charge on any atom is 0.0417 e. The molecule has 94 valence electrons. The molecule has 0 bridgehead atoms. The van der Waals surface area contributed by atoms with Crippen molar-refractivity contribution >= 4 is 0 Å². The van der Waals surface area contributed by atoms with Crippen LogP contribution < -0.4 is 0 Å². The van der Waals surface area contributed by atoms with Crippen molar-refractivity contribution in [3.63, 3.8) is 0 Å². The molecule has 1 aliphatic heterocycles. The Bertz CT molecular complexity index is 379. The smallest absolute Gasteiger partial charge is 0.0417 e. The SMILES string of the molecule is Cc1ncccc1CN1CCC(C(C)(C)C)C1. The quantitative estimate of drug-likeness (QED) is 0.778. The average molecular weight is 232 g/mol. The lowest BCUT2D eigenvalue weighted by molar-refractivity contribution is 0.226. The number of hydrogen-bond acceptors (Lipinski definition) is 2. The fourth-order valence-corrected chi connectivity index (χ4v) is 2.61. The van der Waals surface area contributed by atoms with Crippen molar-refractivity contribution in [3.8, 4) is 0 Å². The number of pyridine rings is 1. The van der Waals surface area contributed by atoms with Gasteiger partial charge in [-0.25, -0.2) is 0 Å². The Balaban J connectivity index is 1.97. The second-order valence-corrected chi connectivity index (χ2v) is 6.33. The van der Waals surface area contributed by atoms with Gasteiger partial charge in [-0.2, -0.15) is 0 Å². The molecule has 1 fully saturated rings. The van der Waals surface area contributed by atoms with Crippen molar-refractivity contribution in [1.82, 2.24) is 9.88 Å². The van der Waals surface area contributed by atoms with Gasteiger partial charge in [0.25, 0.3) is 0 Å². The third-order valence-electron chi connectivity index (χ3n) is 4.01. The van der Waals surface area contributed by atoms with Gasteiger partial charge in [-0.15, -0.1) is 0 Å². The minimum absolute atomic E-state index is 0.443. The molecule has 17 heavy (non-hydrogen) atoms. The van der Waals surface area contributed by atoms with Crippen LogP contribution in [0.2, 0.25) is 0 Å². The van der Waals surface area contributed by atoms with E-state index in [-0.39, 0.29) is 0 Å². The number of likely N-dealkylation sites (tertiary alicyclic amines) is 1. The van der Waals surface area contributed by atoms with Gasteiger partial charge < -0.3 is 0 Å². The van der Waals surface area contributed by atoms with Gasteiger partial charge in [0.2, 0.25) is 0 Å². The fraction of sp³-hybridized carbons (Fsp3) is 0.667. The van der Waals surface area contributed by atoms with E-state index in [0.717, 1.165) is 12.5 Å². The maximum absolute atomic E-state index is 4.36. The Morgan fingerprint density at radius 1 is 1.41 bits per heavy atom. The molecule has 0 radical (unpaired) electrons. The predicted molar refractivity (Wildman–Crippen MR) is 71.8 cm³/mol. The molecule has 2 heterocycles. The highest BCUT2D eigenvalue weighted by Gasteiger charge is 2.31. The molecule has 0 saturated carbocycles. The van der Waals surface area contributed by atoms with Crippen LogP contribution >= 0.6 is 0 Å². The molecule has 0 aromatic carbocycles. The van der Waals surface area contributed by atoms with Crippen molar-refractivity contribution < 1.29 is 0 Å². The van der Waals surface area contributed by atoms with Crippen LogP contribution in [0.5, 0.6) is 0 Å². The first-order valence-corrected chi connectivity index (χ1v) is 6.59. The summed E-state index contributed by atoms with van der Waals surface area (Å²) in [5.74, 6) is 0.833. The Hall–Kier alpha value is -0.890. The Labute approximate surface area is 105 Å². The Kier molecular flexibility index (Phi) is 3.53. The molecule has 1 aliphatic rings. The van der Waals surface area contributed by atoms with E-state index in [4.69, 9.17) is 0 Å².